The van der Waals surface area contributed by atoms with Crippen LogP contribution in [0.1, 0.15) is 26.2 Å². The number of rotatable bonds is 3. The maximum atomic E-state index is 8.54. The van der Waals surface area contributed by atoms with Gasteiger partial charge in [-0.05, 0) is 0 Å². The summed E-state index contributed by atoms with van der Waals surface area (Å²) >= 11 is 2.55. The van der Waals surface area contributed by atoms with E-state index in [1.807, 2.05) is 0 Å². The van der Waals surface area contributed by atoms with Crippen LogP contribution in [-0.2, 0) is 0 Å². The SMILES string of the molecule is CCCCC(O)=[Se]. The van der Waals surface area contributed by atoms with Crippen molar-refractivity contribution >= 4 is 20.2 Å². The Labute approximate surface area is 52.1 Å². The molecule has 0 aromatic carbocycles. The van der Waals surface area contributed by atoms with E-state index in [1.165, 1.54) is 0 Å². The first-order valence-electron chi connectivity index (χ1n) is 2.49. The normalized spacial score (nSPS) is 8.71. The molecule has 0 bridgehead atoms. The van der Waals surface area contributed by atoms with Crippen molar-refractivity contribution in [1.82, 2.24) is 0 Å². The molecule has 0 atom stereocenters. The summed E-state index contributed by atoms with van der Waals surface area (Å²) in [4.78, 5) is 0. The number of hydrogen-bond donors (Lipinski definition) is 1. The summed E-state index contributed by atoms with van der Waals surface area (Å²) in [5, 5.41) is 8.54. The standard InChI is InChI=1S/C5H10OSe/c1-2-3-4-5(6)7/h2-4H2,1H3,(H,6,7). The van der Waals surface area contributed by atoms with Crippen LogP contribution in [0.5, 0.6) is 0 Å². The molecule has 0 amide bonds. The van der Waals surface area contributed by atoms with Crippen LogP contribution >= 0.6 is 0 Å². The second kappa shape index (κ2) is 4.35. The zero-order valence-electron chi connectivity index (χ0n) is 4.48. The van der Waals surface area contributed by atoms with E-state index in [9.17, 15) is 0 Å². The molecule has 0 saturated heterocycles. The average Bonchev–Trinajstić information content (AvgIpc) is 1.61. The molecule has 0 saturated carbocycles. The van der Waals surface area contributed by atoms with Crippen molar-refractivity contribution in [3.8, 4) is 0 Å². The molecule has 42 valence electrons. The molecule has 0 spiro atoms. The van der Waals surface area contributed by atoms with Crippen LogP contribution in [-0.4, -0.2) is 25.3 Å². The van der Waals surface area contributed by atoms with E-state index in [0.29, 0.717) is 4.60 Å². The van der Waals surface area contributed by atoms with Gasteiger partial charge in [0, 0.05) is 0 Å². The summed E-state index contributed by atoms with van der Waals surface area (Å²) in [5.41, 5.74) is 0. The van der Waals surface area contributed by atoms with Gasteiger partial charge in [-0.3, -0.25) is 0 Å². The van der Waals surface area contributed by atoms with Crippen molar-refractivity contribution in [2.24, 2.45) is 0 Å². The Balaban J connectivity index is 2.82. The Morgan fingerprint density at radius 3 is 2.43 bits per heavy atom. The fraction of sp³-hybridized carbons (Fsp3) is 0.800. The van der Waals surface area contributed by atoms with Gasteiger partial charge in [0.2, 0.25) is 0 Å². The average molecular weight is 165 g/mol. The van der Waals surface area contributed by atoms with Crippen LogP contribution in [0, 0.1) is 0 Å². The van der Waals surface area contributed by atoms with Gasteiger partial charge in [-0.1, -0.05) is 0 Å². The fourth-order valence-corrected chi connectivity index (χ4v) is 0.631. The van der Waals surface area contributed by atoms with E-state index in [0.717, 1.165) is 19.3 Å². The predicted octanol–water partition coefficient (Wildman–Crippen LogP) is 0.848. The molecule has 1 nitrogen and oxygen atoms in total. The molecule has 0 radical (unpaired) electrons. The molecular formula is C5H10OSe. The van der Waals surface area contributed by atoms with Crippen molar-refractivity contribution in [3.05, 3.63) is 0 Å². The minimum absolute atomic E-state index is 0.432. The molecule has 0 unspecified atom stereocenters. The Hall–Kier alpha value is 0.189. The van der Waals surface area contributed by atoms with Crippen LogP contribution in [0.3, 0.4) is 0 Å². The van der Waals surface area contributed by atoms with Gasteiger partial charge < -0.3 is 0 Å². The van der Waals surface area contributed by atoms with Crippen molar-refractivity contribution in [3.63, 3.8) is 0 Å². The summed E-state index contributed by atoms with van der Waals surface area (Å²) in [6.45, 7) is 2.10. The third-order valence-electron chi connectivity index (χ3n) is 0.744. The number of aliphatic hydroxyl groups excluding tert-OH is 1. The summed E-state index contributed by atoms with van der Waals surface area (Å²) in [6.07, 6.45) is 3.04. The van der Waals surface area contributed by atoms with Crippen molar-refractivity contribution in [1.29, 1.82) is 0 Å². The summed E-state index contributed by atoms with van der Waals surface area (Å²) in [7, 11) is 0. The molecule has 0 heterocycles. The van der Waals surface area contributed by atoms with Crippen molar-refractivity contribution in [2.75, 3.05) is 0 Å². The van der Waals surface area contributed by atoms with E-state index >= 15 is 0 Å². The van der Waals surface area contributed by atoms with Gasteiger partial charge in [0.15, 0.2) is 0 Å². The fourth-order valence-electron chi connectivity index (χ4n) is 0.328. The zero-order valence-corrected chi connectivity index (χ0v) is 6.19. The molecule has 0 aromatic heterocycles. The van der Waals surface area contributed by atoms with Gasteiger partial charge in [-0.2, -0.15) is 0 Å². The monoisotopic (exact) mass is 166 g/mol. The molecule has 0 fully saturated rings. The van der Waals surface area contributed by atoms with Gasteiger partial charge in [0.25, 0.3) is 0 Å². The Morgan fingerprint density at radius 1 is 1.71 bits per heavy atom. The first kappa shape index (κ1) is 7.19. The van der Waals surface area contributed by atoms with Crippen LogP contribution in [0.25, 0.3) is 0 Å². The predicted molar refractivity (Wildman–Crippen MR) is 32.2 cm³/mol. The van der Waals surface area contributed by atoms with Crippen LogP contribution in [0.2, 0.25) is 0 Å². The molecule has 1 N–H and O–H groups in total. The number of unbranched alkanes of at least 4 members (excludes halogenated alkanes) is 1. The van der Waals surface area contributed by atoms with Gasteiger partial charge in [-0.25, -0.2) is 0 Å². The third kappa shape index (κ3) is 6.19. The second-order valence-corrected chi connectivity index (χ2v) is 2.49. The Morgan fingerprint density at radius 2 is 2.29 bits per heavy atom. The van der Waals surface area contributed by atoms with E-state index in [2.05, 4.69) is 22.5 Å². The first-order valence-corrected chi connectivity index (χ1v) is 3.34. The number of aliphatic hydroxyl groups is 1. The maximum absolute atomic E-state index is 8.54. The minimum atomic E-state index is 0.432. The molecule has 0 aromatic rings. The number of hydrogen-bond acceptors (Lipinski definition) is 1. The first-order chi connectivity index (χ1) is 3.27. The molecule has 0 rings (SSSR count). The molecule has 0 aliphatic rings. The molecule has 2 heteroatoms. The summed E-state index contributed by atoms with van der Waals surface area (Å²) < 4.78 is 0.432. The molecular weight excluding hydrogens is 155 g/mol. The van der Waals surface area contributed by atoms with E-state index in [1.54, 1.807) is 0 Å². The van der Waals surface area contributed by atoms with Gasteiger partial charge in [0.1, 0.15) is 0 Å². The molecule has 0 aliphatic carbocycles. The van der Waals surface area contributed by atoms with E-state index in [4.69, 9.17) is 5.11 Å². The molecule has 7 heavy (non-hydrogen) atoms. The third-order valence-corrected chi connectivity index (χ3v) is 1.17. The van der Waals surface area contributed by atoms with Crippen LogP contribution in [0.15, 0.2) is 0 Å². The van der Waals surface area contributed by atoms with Crippen molar-refractivity contribution < 1.29 is 5.11 Å². The summed E-state index contributed by atoms with van der Waals surface area (Å²) in [5.74, 6) is 0. The van der Waals surface area contributed by atoms with Gasteiger partial charge >= 0.3 is 51.5 Å². The van der Waals surface area contributed by atoms with Crippen molar-refractivity contribution in [2.45, 2.75) is 26.2 Å². The van der Waals surface area contributed by atoms with Crippen LogP contribution in [0.4, 0.5) is 0 Å². The van der Waals surface area contributed by atoms with Gasteiger partial charge in [0.05, 0.1) is 0 Å². The topological polar surface area (TPSA) is 20.2 Å². The van der Waals surface area contributed by atoms with Crippen LogP contribution < -0.4 is 0 Å². The zero-order chi connectivity index (χ0) is 5.70. The quantitative estimate of drug-likeness (QED) is 0.614. The summed E-state index contributed by atoms with van der Waals surface area (Å²) in [6, 6.07) is 0. The Kier molecular flexibility index (Phi) is 4.47. The second-order valence-electron chi connectivity index (χ2n) is 1.50. The Bertz CT molecular complexity index is 61.1. The van der Waals surface area contributed by atoms with E-state index < -0.39 is 0 Å². The van der Waals surface area contributed by atoms with Gasteiger partial charge in [-0.15, -0.1) is 0 Å². The molecule has 0 aliphatic heterocycles. The van der Waals surface area contributed by atoms with E-state index in [-0.39, 0.29) is 0 Å².